The first kappa shape index (κ1) is 25.3. The number of benzene rings is 1. The van der Waals surface area contributed by atoms with Crippen molar-refractivity contribution in [1.29, 1.82) is 0 Å². The highest BCUT2D eigenvalue weighted by Crippen LogP contribution is 2.26. The Hall–Kier alpha value is -1.97. The third-order valence-corrected chi connectivity index (χ3v) is 7.92. The maximum absolute atomic E-state index is 12.5. The summed E-state index contributed by atoms with van der Waals surface area (Å²) < 4.78 is 26.4. The van der Waals surface area contributed by atoms with E-state index in [9.17, 15) is 18.0 Å². The van der Waals surface area contributed by atoms with Gasteiger partial charge >= 0.3 is 0 Å². The van der Waals surface area contributed by atoms with Gasteiger partial charge in [0.25, 0.3) is 0 Å². The average molecular weight is 453 g/mol. The summed E-state index contributed by atoms with van der Waals surface area (Å²) in [6.45, 7) is 4.36. The predicted molar refractivity (Wildman–Crippen MR) is 122 cm³/mol. The van der Waals surface area contributed by atoms with Gasteiger partial charge in [0.05, 0.1) is 18.0 Å². The molecule has 1 fully saturated rings. The van der Waals surface area contributed by atoms with Crippen LogP contribution in [-0.2, 0) is 19.6 Å². The number of hydrogen-bond donors (Lipinski definition) is 2. The van der Waals surface area contributed by atoms with Crippen molar-refractivity contribution >= 4 is 27.5 Å². The molecule has 1 aromatic rings. The van der Waals surface area contributed by atoms with Gasteiger partial charge in [0, 0.05) is 18.8 Å². The third-order valence-electron chi connectivity index (χ3n) is 5.87. The van der Waals surface area contributed by atoms with Crippen LogP contribution in [-0.4, -0.2) is 62.2 Å². The first-order valence-electron chi connectivity index (χ1n) is 11.0. The van der Waals surface area contributed by atoms with Gasteiger partial charge in [-0.1, -0.05) is 32.1 Å². The minimum atomic E-state index is -3.57. The molecular formula is C22H36N4O4S. The van der Waals surface area contributed by atoms with E-state index >= 15 is 0 Å². The van der Waals surface area contributed by atoms with Crippen molar-refractivity contribution < 1.29 is 18.0 Å². The normalized spacial score (nSPS) is 15.5. The van der Waals surface area contributed by atoms with Crippen molar-refractivity contribution in [2.45, 2.75) is 63.3 Å². The highest BCUT2D eigenvalue weighted by Gasteiger charge is 2.23. The number of sulfonamides is 1. The Morgan fingerprint density at radius 3 is 2.26 bits per heavy atom. The van der Waals surface area contributed by atoms with Crippen LogP contribution < -0.4 is 11.1 Å². The first-order chi connectivity index (χ1) is 14.6. The summed E-state index contributed by atoms with van der Waals surface area (Å²) in [5.74, 6) is -0.0780. The molecule has 0 aromatic heterocycles. The molecule has 1 aromatic carbocycles. The van der Waals surface area contributed by atoms with Gasteiger partial charge in [-0.3, -0.25) is 14.5 Å². The number of nitrogens with two attached hydrogens (primary N) is 1. The maximum atomic E-state index is 12.5. The van der Waals surface area contributed by atoms with Gasteiger partial charge in [0.1, 0.15) is 0 Å². The monoisotopic (exact) mass is 452 g/mol. The van der Waals surface area contributed by atoms with Gasteiger partial charge in [-0.2, -0.15) is 4.31 Å². The van der Waals surface area contributed by atoms with E-state index in [4.69, 9.17) is 5.73 Å². The number of carbonyl (C=O) groups excluding carboxylic acids is 2. The topological polar surface area (TPSA) is 113 Å². The summed E-state index contributed by atoms with van der Waals surface area (Å²) in [7, 11) is -2.04. The molecule has 2 rings (SSSR count). The molecule has 1 aliphatic carbocycles. The van der Waals surface area contributed by atoms with E-state index in [-0.39, 0.29) is 29.9 Å². The van der Waals surface area contributed by atoms with Gasteiger partial charge in [-0.25, -0.2) is 8.42 Å². The second kappa shape index (κ2) is 11.6. The van der Waals surface area contributed by atoms with E-state index in [0.29, 0.717) is 18.2 Å². The molecule has 0 saturated heterocycles. The number of primary amides is 1. The molecule has 31 heavy (non-hydrogen) atoms. The largest absolute Gasteiger partial charge is 0.369 e. The fraction of sp³-hybridized carbons (Fsp3) is 0.636. The van der Waals surface area contributed by atoms with E-state index in [1.165, 1.54) is 55.6 Å². The number of rotatable bonds is 11. The molecule has 9 heteroatoms. The molecule has 0 bridgehead atoms. The summed E-state index contributed by atoms with van der Waals surface area (Å²) in [5.41, 5.74) is 5.86. The molecule has 174 valence electrons. The molecule has 1 saturated carbocycles. The standard InChI is InChI=1S/C22H36N4O4S/c1-17(2)25(3)31(29,30)20-11-9-19(10-12-20)24-22(28)16-26(15-21(23)27)14-13-18-7-5-4-6-8-18/h9-12,17-18H,4-8,13-16H2,1-3H3,(H2,23,27)(H,24,28). The molecular weight excluding hydrogens is 416 g/mol. The smallest absolute Gasteiger partial charge is 0.243 e. The Bertz CT molecular complexity index is 834. The van der Waals surface area contributed by atoms with Crippen LogP contribution in [0, 0.1) is 5.92 Å². The van der Waals surface area contributed by atoms with Crippen molar-refractivity contribution in [3.8, 4) is 0 Å². The van der Waals surface area contributed by atoms with Crippen LogP contribution in [0.3, 0.4) is 0 Å². The zero-order valence-corrected chi connectivity index (χ0v) is 19.7. The van der Waals surface area contributed by atoms with Crippen LogP contribution in [0.5, 0.6) is 0 Å². The Labute approximate surface area is 186 Å². The minimum absolute atomic E-state index is 0.0405. The highest BCUT2D eigenvalue weighted by atomic mass is 32.2. The Balaban J connectivity index is 1.94. The van der Waals surface area contributed by atoms with Crippen LogP contribution in [0.15, 0.2) is 29.2 Å². The summed E-state index contributed by atoms with van der Waals surface area (Å²) >= 11 is 0. The SMILES string of the molecule is CC(C)N(C)S(=O)(=O)c1ccc(NC(=O)CN(CCC2CCCCC2)CC(N)=O)cc1. The Morgan fingerprint density at radius 2 is 1.71 bits per heavy atom. The molecule has 3 N–H and O–H groups in total. The van der Waals surface area contributed by atoms with Gasteiger partial charge in [-0.05, 0) is 57.0 Å². The fourth-order valence-corrected chi connectivity index (χ4v) is 5.20. The Kier molecular flexibility index (Phi) is 9.46. The van der Waals surface area contributed by atoms with E-state index in [2.05, 4.69) is 5.32 Å². The van der Waals surface area contributed by atoms with Crippen LogP contribution >= 0.6 is 0 Å². The van der Waals surface area contributed by atoms with Crippen molar-refractivity contribution in [3.63, 3.8) is 0 Å². The van der Waals surface area contributed by atoms with E-state index in [1.54, 1.807) is 30.9 Å². The van der Waals surface area contributed by atoms with Gasteiger partial charge in [-0.15, -0.1) is 0 Å². The molecule has 0 radical (unpaired) electrons. The lowest BCUT2D eigenvalue weighted by molar-refractivity contribution is -0.121. The van der Waals surface area contributed by atoms with Gasteiger partial charge in [0.15, 0.2) is 0 Å². The summed E-state index contributed by atoms with van der Waals surface area (Å²) in [6.07, 6.45) is 7.16. The molecule has 0 aliphatic heterocycles. The van der Waals surface area contributed by atoms with E-state index in [1.807, 2.05) is 0 Å². The van der Waals surface area contributed by atoms with Gasteiger partial charge < -0.3 is 11.1 Å². The van der Waals surface area contributed by atoms with Gasteiger partial charge in [0.2, 0.25) is 21.8 Å². The zero-order chi connectivity index (χ0) is 23.0. The van der Waals surface area contributed by atoms with E-state index < -0.39 is 15.9 Å². The van der Waals surface area contributed by atoms with Crippen molar-refractivity contribution in [3.05, 3.63) is 24.3 Å². The van der Waals surface area contributed by atoms with Crippen LogP contribution in [0.25, 0.3) is 0 Å². The number of hydrogen-bond acceptors (Lipinski definition) is 5. The second-order valence-corrected chi connectivity index (χ2v) is 10.7. The maximum Gasteiger partial charge on any atom is 0.243 e. The zero-order valence-electron chi connectivity index (χ0n) is 18.8. The van der Waals surface area contributed by atoms with Crippen LogP contribution in [0.2, 0.25) is 0 Å². The lowest BCUT2D eigenvalue weighted by Crippen LogP contribution is -2.40. The lowest BCUT2D eigenvalue weighted by Gasteiger charge is -2.26. The van der Waals surface area contributed by atoms with Crippen LogP contribution in [0.4, 0.5) is 5.69 Å². The van der Waals surface area contributed by atoms with Crippen molar-refractivity contribution in [2.24, 2.45) is 11.7 Å². The molecule has 2 amide bonds. The molecule has 8 nitrogen and oxygen atoms in total. The Morgan fingerprint density at radius 1 is 1.10 bits per heavy atom. The molecule has 1 aliphatic rings. The minimum Gasteiger partial charge on any atom is -0.369 e. The molecule has 0 atom stereocenters. The number of carbonyl (C=O) groups is 2. The lowest BCUT2D eigenvalue weighted by atomic mass is 9.87. The van der Waals surface area contributed by atoms with E-state index in [0.717, 1.165) is 6.42 Å². The fourth-order valence-electron chi connectivity index (χ4n) is 3.83. The predicted octanol–water partition coefficient (Wildman–Crippen LogP) is 2.41. The highest BCUT2D eigenvalue weighted by molar-refractivity contribution is 7.89. The van der Waals surface area contributed by atoms with Crippen LogP contribution in [0.1, 0.15) is 52.4 Å². The average Bonchev–Trinajstić information content (AvgIpc) is 2.72. The summed E-state index contributed by atoms with van der Waals surface area (Å²) in [6, 6.07) is 5.94. The number of nitrogens with one attached hydrogen (secondary N) is 1. The third kappa shape index (κ3) is 7.90. The molecule has 0 heterocycles. The first-order valence-corrected chi connectivity index (χ1v) is 12.4. The van der Waals surface area contributed by atoms with Crippen molar-refractivity contribution in [2.75, 3.05) is 32.0 Å². The molecule has 0 unspecified atom stereocenters. The number of amides is 2. The summed E-state index contributed by atoms with van der Waals surface area (Å²) in [4.78, 5) is 25.9. The quantitative estimate of drug-likeness (QED) is 0.535. The number of nitrogens with zero attached hydrogens (tertiary/aromatic N) is 2. The summed E-state index contributed by atoms with van der Waals surface area (Å²) in [5, 5.41) is 2.77. The second-order valence-electron chi connectivity index (χ2n) is 8.66. The number of anilines is 1. The van der Waals surface area contributed by atoms with Crippen molar-refractivity contribution in [1.82, 2.24) is 9.21 Å². The molecule has 0 spiro atoms.